The summed E-state index contributed by atoms with van der Waals surface area (Å²) in [6, 6.07) is 0. The molecule has 0 bridgehead atoms. The molecule has 0 amide bonds. The van der Waals surface area contributed by atoms with E-state index in [1.165, 1.54) is 0 Å². The molecule has 2 radical (unpaired) electrons. The van der Waals surface area contributed by atoms with Crippen molar-refractivity contribution in [1.82, 2.24) is 0 Å². The van der Waals surface area contributed by atoms with Crippen LogP contribution in [0.4, 0.5) is 8.22 Å². The van der Waals surface area contributed by atoms with E-state index in [9.17, 15) is 8.22 Å². The first-order valence-corrected chi connectivity index (χ1v) is 1.31. The molecule has 4 heteroatoms. The summed E-state index contributed by atoms with van der Waals surface area (Å²) in [5.74, 6) is 0. The van der Waals surface area contributed by atoms with Crippen molar-refractivity contribution < 1.29 is 8.22 Å². The Hall–Kier alpha value is 0.620. The molecule has 0 aliphatic carbocycles. The molecular weight excluding hydrogens is 139 g/mol. The number of rotatable bonds is 0. The molecule has 0 aliphatic heterocycles. The van der Waals surface area contributed by atoms with Gasteiger partial charge in [-0.15, -0.1) is 0 Å². The van der Waals surface area contributed by atoms with Gasteiger partial charge in [0.1, 0.15) is 0 Å². The summed E-state index contributed by atoms with van der Waals surface area (Å²) in [7, 11) is -2.25. The molecule has 0 spiro atoms. The number of hydrogen-bond acceptors (Lipinski definition) is 0. The van der Waals surface area contributed by atoms with Crippen LogP contribution in [-0.2, 0) is 0 Å². The Morgan fingerprint density at radius 3 is 1.25 bits per heavy atom. The fourth-order valence-electron chi connectivity index (χ4n) is 0. The van der Waals surface area contributed by atoms with Crippen LogP contribution in [0.2, 0.25) is 0 Å². The molecule has 4 heavy (non-hydrogen) atoms. The van der Waals surface area contributed by atoms with E-state index in [2.05, 4.69) is 0 Å². The zero-order valence-corrected chi connectivity index (χ0v) is 7.68. The van der Waals surface area contributed by atoms with E-state index in [4.69, 9.17) is 0 Å². The van der Waals surface area contributed by atoms with Crippen molar-refractivity contribution in [3.05, 3.63) is 0 Å². The quantitative estimate of drug-likeness (QED) is 0.301. The molecule has 0 nitrogen and oxygen atoms in total. The Bertz CT molecular complexity index is 6.00. The van der Waals surface area contributed by atoms with E-state index in [1.807, 2.05) is 0 Å². The third-order valence-corrected chi connectivity index (χ3v) is 0. The molecule has 0 saturated heterocycles. The Balaban J connectivity index is 0. The SMILES string of the molecule is F[SiH]F.[GeH3]. The van der Waals surface area contributed by atoms with E-state index in [1.54, 1.807) is 0 Å². The van der Waals surface area contributed by atoms with Crippen molar-refractivity contribution in [2.45, 2.75) is 0 Å². The second kappa shape index (κ2) is 9.47. The fourth-order valence-corrected chi connectivity index (χ4v) is 0. The summed E-state index contributed by atoms with van der Waals surface area (Å²) in [5.41, 5.74) is 0. The van der Waals surface area contributed by atoms with Gasteiger partial charge in [-0.1, -0.05) is 0 Å². The van der Waals surface area contributed by atoms with E-state index in [-0.39, 0.29) is 17.6 Å². The van der Waals surface area contributed by atoms with Crippen LogP contribution in [-0.4, -0.2) is 27.8 Å². The Labute approximate surface area is 36.7 Å². The predicted molar refractivity (Wildman–Crippen MR) is 19.3 cm³/mol. The topological polar surface area (TPSA) is 0 Å². The van der Waals surface area contributed by atoms with Crippen LogP contribution >= 0.6 is 0 Å². The van der Waals surface area contributed by atoms with Crippen molar-refractivity contribution in [2.24, 2.45) is 0 Å². The van der Waals surface area contributed by atoms with E-state index in [0.717, 1.165) is 0 Å². The third kappa shape index (κ3) is 17.9. The summed E-state index contributed by atoms with van der Waals surface area (Å²) in [6.07, 6.45) is 0. The van der Waals surface area contributed by atoms with Crippen LogP contribution in [0.3, 0.4) is 0 Å². The molecule has 0 rings (SSSR count). The molecule has 0 atom stereocenters. The molecular formula is H4F2GeSi. The van der Waals surface area contributed by atoms with Gasteiger partial charge in [-0.25, -0.2) is 0 Å². The zero-order chi connectivity index (χ0) is 2.71. The minimum atomic E-state index is -2.25. The van der Waals surface area contributed by atoms with Gasteiger partial charge in [0.25, 0.3) is 0 Å². The first kappa shape index (κ1) is 8.82. The molecule has 0 saturated carbocycles. The Kier molecular flexibility index (Phi) is 20.9. The van der Waals surface area contributed by atoms with Gasteiger partial charge in [0, 0.05) is 0 Å². The van der Waals surface area contributed by atoms with Gasteiger partial charge in [0.2, 0.25) is 0 Å². The van der Waals surface area contributed by atoms with Crippen LogP contribution in [0.15, 0.2) is 0 Å². The van der Waals surface area contributed by atoms with Crippen molar-refractivity contribution in [3.8, 4) is 0 Å². The van der Waals surface area contributed by atoms with Crippen molar-refractivity contribution >= 4 is 27.8 Å². The van der Waals surface area contributed by atoms with Crippen LogP contribution in [0.25, 0.3) is 0 Å². The van der Waals surface area contributed by atoms with Crippen LogP contribution in [0, 0.1) is 0 Å². The maximum absolute atomic E-state index is 9.71. The van der Waals surface area contributed by atoms with Crippen molar-refractivity contribution in [2.75, 3.05) is 0 Å². The summed E-state index contributed by atoms with van der Waals surface area (Å²) in [4.78, 5) is 0. The maximum atomic E-state index is 9.71. The number of hydrogen-bond donors (Lipinski definition) is 0. The summed E-state index contributed by atoms with van der Waals surface area (Å²) < 4.78 is 19.4. The second-order valence-electron chi connectivity index (χ2n) is 0.0825. The van der Waals surface area contributed by atoms with Crippen molar-refractivity contribution in [1.29, 1.82) is 0 Å². The minimum absolute atomic E-state index is 0. The molecule has 0 aliphatic rings. The van der Waals surface area contributed by atoms with E-state index >= 15 is 0 Å². The molecule has 0 aromatic rings. The van der Waals surface area contributed by atoms with Gasteiger partial charge in [-0.2, -0.15) is 0 Å². The van der Waals surface area contributed by atoms with Gasteiger partial charge in [-0.05, 0) is 0 Å². The third-order valence-electron chi connectivity index (χ3n) is 0. The van der Waals surface area contributed by atoms with E-state index in [0.29, 0.717) is 0 Å². The Morgan fingerprint density at radius 2 is 1.25 bits per heavy atom. The van der Waals surface area contributed by atoms with Gasteiger partial charge in [0.15, 0.2) is 0 Å². The normalized spacial score (nSPS) is 4.50. The first-order valence-electron chi connectivity index (χ1n) is 0.436. The van der Waals surface area contributed by atoms with Gasteiger partial charge >= 0.3 is 27.8 Å². The molecule has 0 aromatic heterocycles. The average Bonchev–Trinajstić information content (AvgIpc) is 0.918. The molecule has 0 aromatic carbocycles. The van der Waals surface area contributed by atoms with Crippen LogP contribution in [0.5, 0.6) is 0 Å². The fraction of sp³-hybridized carbons (Fsp3) is 0. The van der Waals surface area contributed by atoms with Gasteiger partial charge in [-0.3, -0.25) is 8.22 Å². The first-order chi connectivity index (χ1) is 1.41. The van der Waals surface area contributed by atoms with Crippen LogP contribution in [0.1, 0.15) is 0 Å². The summed E-state index contributed by atoms with van der Waals surface area (Å²) in [6.45, 7) is 0. The van der Waals surface area contributed by atoms with Crippen LogP contribution < -0.4 is 0 Å². The molecule has 0 heterocycles. The van der Waals surface area contributed by atoms with Gasteiger partial charge in [0.05, 0.1) is 0 Å². The summed E-state index contributed by atoms with van der Waals surface area (Å²) >= 11 is 0. The van der Waals surface area contributed by atoms with Crippen molar-refractivity contribution in [3.63, 3.8) is 0 Å². The Morgan fingerprint density at radius 1 is 1.25 bits per heavy atom. The second-order valence-corrected chi connectivity index (χ2v) is 0.247. The number of halogens is 2. The molecule has 0 N–H and O–H groups in total. The standard InChI is InChI=1S/F2HSi.GeH3/c1-3-2;/h3H;1H3. The average molecular weight is 143 g/mol. The van der Waals surface area contributed by atoms with E-state index < -0.39 is 10.2 Å². The molecule has 26 valence electrons. The van der Waals surface area contributed by atoms with Gasteiger partial charge < -0.3 is 0 Å². The molecule has 0 unspecified atom stereocenters. The monoisotopic (exact) mass is 144 g/mol. The molecule has 0 fully saturated rings. The zero-order valence-electron chi connectivity index (χ0n) is 2.33. The summed E-state index contributed by atoms with van der Waals surface area (Å²) in [5, 5.41) is 0. The predicted octanol–water partition coefficient (Wildman–Crippen LogP) is -0.992.